The Labute approximate surface area is 102 Å². The number of nitrogens with zero attached hydrogens (tertiary/aromatic N) is 1. The van der Waals surface area contributed by atoms with Crippen LogP contribution < -0.4 is 5.73 Å². The molecule has 0 amide bonds. The molecule has 0 aromatic rings. The molecule has 1 unspecified atom stereocenters. The van der Waals surface area contributed by atoms with Gasteiger partial charge in [-0.3, -0.25) is 0 Å². The third kappa shape index (κ3) is 5.86. The smallest absolute Gasteiger partial charge is 0.00366 e. The van der Waals surface area contributed by atoms with Gasteiger partial charge in [-0.1, -0.05) is 26.2 Å². The molecule has 0 aromatic carbocycles. The summed E-state index contributed by atoms with van der Waals surface area (Å²) in [6.07, 6.45) is 10.9. The Balaban J connectivity index is 2.03. The Morgan fingerprint density at radius 3 is 2.56 bits per heavy atom. The molecule has 0 aliphatic heterocycles. The van der Waals surface area contributed by atoms with Crippen molar-refractivity contribution in [2.24, 2.45) is 11.7 Å². The fourth-order valence-electron chi connectivity index (χ4n) is 2.73. The van der Waals surface area contributed by atoms with Crippen LogP contribution in [0.5, 0.6) is 0 Å². The van der Waals surface area contributed by atoms with Crippen LogP contribution in [0.15, 0.2) is 0 Å². The van der Waals surface area contributed by atoms with Gasteiger partial charge in [0, 0.05) is 12.6 Å². The summed E-state index contributed by atoms with van der Waals surface area (Å²) in [7, 11) is 2.27. The SMILES string of the molecule is CCC(N)CCCN(C)CC1CCCCC1. The zero-order chi connectivity index (χ0) is 11.8. The Bertz CT molecular complexity index is 164. The quantitative estimate of drug-likeness (QED) is 0.723. The number of hydrogen-bond acceptors (Lipinski definition) is 2. The van der Waals surface area contributed by atoms with Crippen LogP contribution in [0.3, 0.4) is 0 Å². The lowest BCUT2D eigenvalue weighted by atomic mass is 9.89. The van der Waals surface area contributed by atoms with Crippen molar-refractivity contribution in [3.05, 3.63) is 0 Å². The van der Waals surface area contributed by atoms with Crippen molar-refractivity contribution in [2.75, 3.05) is 20.1 Å². The average molecular weight is 226 g/mol. The molecule has 2 nitrogen and oxygen atoms in total. The summed E-state index contributed by atoms with van der Waals surface area (Å²) in [6, 6.07) is 0.420. The van der Waals surface area contributed by atoms with Gasteiger partial charge in [-0.25, -0.2) is 0 Å². The van der Waals surface area contributed by atoms with Crippen LogP contribution in [0.1, 0.15) is 58.3 Å². The van der Waals surface area contributed by atoms with E-state index in [-0.39, 0.29) is 0 Å². The second-order valence-electron chi connectivity index (χ2n) is 5.58. The molecule has 16 heavy (non-hydrogen) atoms. The van der Waals surface area contributed by atoms with Crippen LogP contribution >= 0.6 is 0 Å². The van der Waals surface area contributed by atoms with Gasteiger partial charge < -0.3 is 10.6 Å². The number of nitrogens with two attached hydrogens (primary N) is 1. The summed E-state index contributed by atoms with van der Waals surface area (Å²) >= 11 is 0. The van der Waals surface area contributed by atoms with Crippen molar-refractivity contribution in [2.45, 2.75) is 64.3 Å². The van der Waals surface area contributed by atoms with Gasteiger partial charge in [0.15, 0.2) is 0 Å². The normalized spacial score (nSPS) is 20.2. The summed E-state index contributed by atoms with van der Waals surface area (Å²) in [5, 5.41) is 0. The molecule has 96 valence electrons. The van der Waals surface area contributed by atoms with Crippen LogP contribution in [0, 0.1) is 5.92 Å². The lowest BCUT2D eigenvalue weighted by Gasteiger charge is -2.27. The van der Waals surface area contributed by atoms with Gasteiger partial charge in [0.05, 0.1) is 0 Å². The van der Waals surface area contributed by atoms with Crippen molar-refractivity contribution in [1.29, 1.82) is 0 Å². The Morgan fingerprint density at radius 1 is 1.25 bits per heavy atom. The third-order valence-corrected chi connectivity index (χ3v) is 3.93. The molecule has 1 fully saturated rings. The van der Waals surface area contributed by atoms with Crippen LogP contribution in [0.25, 0.3) is 0 Å². The summed E-state index contributed by atoms with van der Waals surface area (Å²) in [4.78, 5) is 2.51. The van der Waals surface area contributed by atoms with Crippen LogP contribution in [-0.4, -0.2) is 31.1 Å². The predicted octanol–water partition coefficient (Wildman–Crippen LogP) is 3.02. The van der Waals surface area contributed by atoms with Gasteiger partial charge in [0.1, 0.15) is 0 Å². The van der Waals surface area contributed by atoms with E-state index in [2.05, 4.69) is 18.9 Å². The topological polar surface area (TPSA) is 29.3 Å². The first-order chi connectivity index (χ1) is 7.72. The first-order valence-corrected chi connectivity index (χ1v) is 7.16. The molecule has 0 spiro atoms. The highest BCUT2D eigenvalue weighted by Gasteiger charge is 2.15. The molecule has 1 rings (SSSR count). The minimum atomic E-state index is 0.420. The van der Waals surface area contributed by atoms with E-state index in [4.69, 9.17) is 5.73 Å². The molecular formula is C14H30N2. The molecule has 0 saturated heterocycles. The second kappa shape index (κ2) is 8.08. The Kier molecular flexibility index (Phi) is 7.06. The largest absolute Gasteiger partial charge is 0.328 e. The minimum Gasteiger partial charge on any atom is -0.328 e. The number of hydrogen-bond donors (Lipinski definition) is 1. The lowest BCUT2D eigenvalue weighted by Crippen LogP contribution is -2.29. The van der Waals surface area contributed by atoms with E-state index in [9.17, 15) is 0 Å². The van der Waals surface area contributed by atoms with E-state index in [1.54, 1.807) is 0 Å². The Hall–Kier alpha value is -0.0800. The van der Waals surface area contributed by atoms with Crippen molar-refractivity contribution >= 4 is 0 Å². The molecule has 2 N–H and O–H groups in total. The maximum absolute atomic E-state index is 5.92. The van der Waals surface area contributed by atoms with Gasteiger partial charge in [-0.2, -0.15) is 0 Å². The van der Waals surface area contributed by atoms with Gasteiger partial charge in [0.25, 0.3) is 0 Å². The molecule has 1 saturated carbocycles. The monoisotopic (exact) mass is 226 g/mol. The summed E-state index contributed by atoms with van der Waals surface area (Å²) in [5.74, 6) is 0.971. The van der Waals surface area contributed by atoms with Gasteiger partial charge >= 0.3 is 0 Å². The first-order valence-electron chi connectivity index (χ1n) is 7.16. The molecular weight excluding hydrogens is 196 g/mol. The molecule has 2 heteroatoms. The third-order valence-electron chi connectivity index (χ3n) is 3.93. The van der Waals surface area contributed by atoms with E-state index in [1.807, 2.05) is 0 Å². The van der Waals surface area contributed by atoms with Gasteiger partial charge in [0.2, 0.25) is 0 Å². The van der Waals surface area contributed by atoms with Crippen LogP contribution in [0.2, 0.25) is 0 Å². The summed E-state index contributed by atoms with van der Waals surface area (Å²) < 4.78 is 0. The number of rotatable bonds is 7. The van der Waals surface area contributed by atoms with Crippen LogP contribution in [-0.2, 0) is 0 Å². The zero-order valence-corrected chi connectivity index (χ0v) is 11.3. The fourth-order valence-corrected chi connectivity index (χ4v) is 2.73. The first kappa shape index (κ1) is 14.0. The van der Waals surface area contributed by atoms with Crippen molar-refractivity contribution in [1.82, 2.24) is 4.90 Å². The van der Waals surface area contributed by atoms with E-state index in [0.717, 1.165) is 12.3 Å². The standard InChI is InChI=1S/C14H30N2/c1-3-14(15)10-7-11-16(2)12-13-8-5-4-6-9-13/h13-14H,3-12,15H2,1-2H3. The molecule has 0 heterocycles. The second-order valence-corrected chi connectivity index (χ2v) is 5.58. The highest BCUT2D eigenvalue weighted by atomic mass is 15.1. The van der Waals surface area contributed by atoms with E-state index in [1.165, 1.54) is 58.0 Å². The van der Waals surface area contributed by atoms with Crippen molar-refractivity contribution in [3.63, 3.8) is 0 Å². The lowest BCUT2D eigenvalue weighted by molar-refractivity contribution is 0.229. The molecule has 1 atom stereocenters. The van der Waals surface area contributed by atoms with E-state index in [0.29, 0.717) is 6.04 Å². The van der Waals surface area contributed by atoms with Gasteiger partial charge in [-0.05, 0) is 51.6 Å². The molecule has 0 bridgehead atoms. The molecule has 0 aromatic heterocycles. The summed E-state index contributed by atoms with van der Waals surface area (Å²) in [5.41, 5.74) is 5.92. The minimum absolute atomic E-state index is 0.420. The maximum atomic E-state index is 5.92. The van der Waals surface area contributed by atoms with E-state index >= 15 is 0 Å². The van der Waals surface area contributed by atoms with E-state index < -0.39 is 0 Å². The fraction of sp³-hybridized carbons (Fsp3) is 1.00. The molecule has 0 radical (unpaired) electrons. The maximum Gasteiger partial charge on any atom is 0.00366 e. The average Bonchev–Trinajstić information content (AvgIpc) is 2.30. The van der Waals surface area contributed by atoms with Crippen LogP contribution in [0.4, 0.5) is 0 Å². The highest BCUT2D eigenvalue weighted by molar-refractivity contribution is 4.69. The summed E-state index contributed by atoms with van der Waals surface area (Å²) in [6.45, 7) is 4.71. The van der Waals surface area contributed by atoms with Crippen molar-refractivity contribution in [3.8, 4) is 0 Å². The van der Waals surface area contributed by atoms with Gasteiger partial charge in [-0.15, -0.1) is 0 Å². The molecule has 1 aliphatic rings. The Morgan fingerprint density at radius 2 is 1.94 bits per heavy atom. The zero-order valence-electron chi connectivity index (χ0n) is 11.3. The highest BCUT2D eigenvalue weighted by Crippen LogP contribution is 2.24. The van der Waals surface area contributed by atoms with Crippen molar-refractivity contribution < 1.29 is 0 Å². The predicted molar refractivity (Wildman–Crippen MR) is 71.6 cm³/mol. The molecule has 1 aliphatic carbocycles.